The van der Waals surface area contributed by atoms with Crippen molar-refractivity contribution in [3.05, 3.63) is 29.8 Å². The molecule has 0 aromatic heterocycles. The predicted molar refractivity (Wildman–Crippen MR) is 138 cm³/mol. The van der Waals surface area contributed by atoms with Gasteiger partial charge in [-0.15, -0.1) is 0 Å². The molecular formula is C27H45N3O5. The molecule has 2 atom stereocenters. The number of carbonyl (C=O) groups excluding carboxylic acids is 3. The van der Waals surface area contributed by atoms with Gasteiger partial charge in [-0.1, -0.05) is 64.2 Å². The van der Waals surface area contributed by atoms with E-state index in [-0.39, 0.29) is 11.7 Å². The first-order valence-corrected chi connectivity index (χ1v) is 12.9. The second kappa shape index (κ2) is 15.3. The molecule has 0 bridgehead atoms. The Bertz CT molecular complexity index is 806. The maximum absolute atomic E-state index is 13.6. The fraction of sp³-hybridized carbons (Fsp3) is 0.667. The number of phenols is 1. The number of hydrogen-bond donors (Lipinski definition) is 3. The maximum atomic E-state index is 13.6. The summed E-state index contributed by atoms with van der Waals surface area (Å²) in [7, 11) is 0. The summed E-state index contributed by atoms with van der Waals surface area (Å²) in [4.78, 5) is 40.8. The highest BCUT2D eigenvalue weighted by atomic mass is 16.6. The van der Waals surface area contributed by atoms with Crippen molar-refractivity contribution in [1.82, 2.24) is 15.5 Å². The lowest BCUT2D eigenvalue weighted by Crippen LogP contribution is -2.52. The number of unbranched alkanes of at least 4 members (excludes halogenated alkanes) is 5. The van der Waals surface area contributed by atoms with Crippen molar-refractivity contribution in [2.45, 2.75) is 104 Å². The Labute approximate surface area is 210 Å². The van der Waals surface area contributed by atoms with Gasteiger partial charge in [-0.05, 0) is 46.6 Å². The number of ether oxygens (including phenoxy) is 1. The van der Waals surface area contributed by atoms with Crippen molar-refractivity contribution in [2.24, 2.45) is 0 Å². The summed E-state index contributed by atoms with van der Waals surface area (Å²) in [5, 5.41) is 16.1. The molecule has 35 heavy (non-hydrogen) atoms. The predicted octanol–water partition coefficient (Wildman–Crippen LogP) is 5.06. The lowest BCUT2D eigenvalue weighted by molar-refractivity contribution is -0.142. The largest absolute Gasteiger partial charge is 0.508 e. The zero-order valence-electron chi connectivity index (χ0n) is 22.4. The van der Waals surface area contributed by atoms with Crippen molar-refractivity contribution in [1.29, 1.82) is 0 Å². The number of carbonyl (C=O) groups is 3. The monoisotopic (exact) mass is 491 g/mol. The van der Waals surface area contributed by atoms with E-state index in [1.165, 1.54) is 11.0 Å². The number of amides is 3. The minimum absolute atomic E-state index is 0.0559. The van der Waals surface area contributed by atoms with Gasteiger partial charge in [-0.25, -0.2) is 4.79 Å². The van der Waals surface area contributed by atoms with Gasteiger partial charge in [0.25, 0.3) is 0 Å². The quantitative estimate of drug-likeness (QED) is 0.315. The number of aromatic hydroxyl groups is 1. The standard InChI is InChI=1S/C27H45N3O5/c1-7-9-11-12-15-19-30(25(33)20(3)29-26(34)35-27(4,5)6)23(24(32)28-18-10-8-2)21-16-13-14-17-22(21)31/h13-14,16-17,20,23,31H,7-12,15,18-19H2,1-6H3,(H,28,32)(H,29,34). The van der Waals surface area contributed by atoms with Crippen LogP contribution in [0.1, 0.15) is 98.1 Å². The second-order valence-electron chi connectivity index (χ2n) is 9.92. The average Bonchev–Trinajstić information content (AvgIpc) is 2.77. The fourth-order valence-corrected chi connectivity index (χ4v) is 3.70. The van der Waals surface area contributed by atoms with Gasteiger partial charge in [0.2, 0.25) is 11.8 Å². The van der Waals surface area contributed by atoms with Crippen LogP contribution in [0.3, 0.4) is 0 Å². The molecule has 0 aliphatic heterocycles. The Morgan fingerprint density at radius 2 is 1.63 bits per heavy atom. The van der Waals surface area contributed by atoms with E-state index in [0.29, 0.717) is 25.1 Å². The van der Waals surface area contributed by atoms with Crippen molar-refractivity contribution >= 4 is 17.9 Å². The summed E-state index contributed by atoms with van der Waals surface area (Å²) >= 11 is 0. The molecule has 0 aliphatic carbocycles. The maximum Gasteiger partial charge on any atom is 0.408 e. The number of alkyl carbamates (subject to hydrolysis) is 1. The normalized spacial score (nSPS) is 13.0. The van der Waals surface area contributed by atoms with E-state index in [9.17, 15) is 19.5 Å². The third-order valence-electron chi connectivity index (χ3n) is 5.51. The van der Waals surface area contributed by atoms with Gasteiger partial charge in [-0.2, -0.15) is 0 Å². The Hall–Kier alpha value is -2.77. The Kier molecular flexibility index (Phi) is 13.2. The zero-order chi connectivity index (χ0) is 26.4. The van der Waals surface area contributed by atoms with Crippen LogP contribution in [0, 0.1) is 0 Å². The van der Waals surface area contributed by atoms with Crippen LogP contribution in [0.5, 0.6) is 5.75 Å². The van der Waals surface area contributed by atoms with Crippen LogP contribution in [0.15, 0.2) is 24.3 Å². The molecule has 0 heterocycles. The molecule has 0 saturated heterocycles. The number of rotatable bonds is 14. The first kappa shape index (κ1) is 30.3. The van der Waals surface area contributed by atoms with Crippen LogP contribution in [0.2, 0.25) is 0 Å². The highest BCUT2D eigenvalue weighted by Crippen LogP contribution is 2.30. The summed E-state index contributed by atoms with van der Waals surface area (Å²) in [6, 6.07) is 4.63. The molecule has 1 rings (SSSR count). The van der Waals surface area contributed by atoms with Gasteiger partial charge in [0.05, 0.1) is 0 Å². The van der Waals surface area contributed by atoms with E-state index in [1.807, 2.05) is 6.92 Å². The van der Waals surface area contributed by atoms with Crippen LogP contribution in [-0.2, 0) is 14.3 Å². The van der Waals surface area contributed by atoms with E-state index in [4.69, 9.17) is 4.74 Å². The topological polar surface area (TPSA) is 108 Å². The molecular weight excluding hydrogens is 446 g/mol. The number of benzene rings is 1. The van der Waals surface area contributed by atoms with Crippen LogP contribution in [0.25, 0.3) is 0 Å². The number of hydrogen-bond acceptors (Lipinski definition) is 5. The Morgan fingerprint density at radius 1 is 1.00 bits per heavy atom. The van der Waals surface area contributed by atoms with Crippen molar-refractivity contribution in [3.63, 3.8) is 0 Å². The highest BCUT2D eigenvalue weighted by molar-refractivity contribution is 5.92. The fourth-order valence-electron chi connectivity index (χ4n) is 3.70. The van der Waals surface area contributed by atoms with Crippen molar-refractivity contribution < 1.29 is 24.2 Å². The number of nitrogens with zero attached hydrogens (tertiary/aromatic N) is 1. The van der Waals surface area contributed by atoms with E-state index in [1.54, 1.807) is 45.9 Å². The minimum atomic E-state index is -1.02. The highest BCUT2D eigenvalue weighted by Gasteiger charge is 2.35. The second-order valence-corrected chi connectivity index (χ2v) is 9.92. The molecule has 0 aliphatic rings. The minimum Gasteiger partial charge on any atom is -0.508 e. The number of phenolic OH excluding ortho intramolecular Hbond substituents is 1. The van der Waals surface area contributed by atoms with Crippen molar-refractivity contribution in [3.8, 4) is 5.75 Å². The summed E-state index contributed by atoms with van der Waals surface area (Å²) in [6.07, 6.45) is 5.87. The van der Waals surface area contributed by atoms with Gasteiger partial charge in [0.15, 0.2) is 0 Å². The molecule has 0 saturated carbocycles. The van der Waals surface area contributed by atoms with Crippen LogP contribution < -0.4 is 10.6 Å². The molecule has 1 aromatic carbocycles. The van der Waals surface area contributed by atoms with Gasteiger partial charge in [0.1, 0.15) is 23.4 Å². The van der Waals surface area contributed by atoms with Crippen LogP contribution >= 0.6 is 0 Å². The van der Waals surface area contributed by atoms with Gasteiger partial charge in [-0.3, -0.25) is 9.59 Å². The van der Waals surface area contributed by atoms with Crippen LogP contribution in [-0.4, -0.2) is 52.6 Å². The zero-order valence-corrected chi connectivity index (χ0v) is 22.4. The van der Waals surface area contributed by atoms with E-state index in [0.717, 1.165) is 38.5 Å². The van der Waals surface area contributed by atoms with Crippen molar-refractivity contribution in [2.75, 3.05) is 13.1 Å². The van der Waals surface area contributed by atoms with Gasteiger partial charge < -0.3 is 25.4 Å². The third-order valence-corrected chi connectivity index (χ3v) is 5.51. The third kappa shape index (κ3) is 11.0. The molecule has 198 valence electrons. The molecule has 0 fully saturated rings. The number of nitrogens with one attached hydrogen (secondary N) is 2. The smallest absolute Gasteiger partial charge is 0.408 e. The lowest BCUT2D eigenvalue weighted by Gasteiger charge is -2.34. The SMILES string of the molecule is CCCCCCCN(C(=O)C(C)NC(=O)OC(C)(C)C)C(C(=O)NCCCC)c1ccccc1O. The summed E-state index contributed by atoms with van der Waals surface area (Å²) in [6.45, 7) is 11.8. The lowest BCUT2D eigenvalue weighted by atomic mass is 10.0. The molecule has 8 heteroatoms. The van der Waals surface area contributed by atoms with Crippen LogP contribution in [0.4, 0.5) is 4.79 Å². The molecule has 2 unspecified atom stereocenters. The number of para-hydroxylation sites is 1. The molecule has 0 spiro atoms. The molecule has 0 radical (unpaired) electrons. The van der Waals surface area contributed by atoms with E-state index < -0.39 is 29.7 Å². The summed E-state index contributed by atoms with van der Waals surface area (Å²) in [5.41, 5.74) is -0.351. The molecule has 3 amide bonds. The summed E-state index contributed by atoms with van der Waals surface area (Å²) < 4.78 is 5.30. The van der Waals surface area contributed by atoms with Gasteiger partial charge >= 0.3 is 6.09 Å². The first-order chi connectivity index (χ1) is 16.5. The molecule has 8 nitrogen and oxygen atoms in total. The first-order valence-electron chi connectivity index (χ1n) is 12.9. The Morgan fingerprint density at radius 3 is 2.23 bits per heavy atom. The molecule has 3 N–H and O–H groups in total. The Balaban J connectivity index is 3.25. The molecule has 1 aromatic rings. The van der Waals surface area contributed by atoms with Gasteiger partial charge in [0, 0.05) is 18.7 Å². The summed E-state index contributed by atoms with van der Waals surface area (Å²) in [5.74, 6) is -0.823. The van der Waals surface area contributed by atoms with E-state index in [2.05, 4.69) is 17.6 Å². The average molecular weight is 492 g/mol. The van der Waals surface area contributed by atoms with E-state index >= 15 is 0 Å².